The molecule has 27 heavy (non-hydrogen) atoms. The molecule has 2 fully saturated rings. The minimum absolute atomic E-state index is 0.0687. The van der Waals surface area contributed by atoms with Crippen molar-refractivity contribution < 1.29 is 28.8 Å². The molecule has 0 aliphatic carbocycles. The Hall–Kier alpha value is -3.03. The summed E-state index contributed by atoms with van der Waals surface area (Å²) in [6.07, 6.45) is 1.49. The maximum Gasteiger partial charge on any atom is 0.333 e. The van der Waals surface area contributed by atoms with E-state index >= 15 is 0 Å². The third kappa shape index (κ3) is 4.05. The van der Waals surface area contributed by atoms with E-state index in [0.29, 0.717) is 23.6 Å². The molecule has 2 saturated heterocycles. The van der Waals surface area contributed by atoms with Crippen molar-refractivity contribution in [3.63, 3.8) is 0 Å². The first-order chi connectivity index (χ1) is 12.9. The molecule has 142 valence electrons. The zero-order valence-corrected chi connectivity index (χ0v) is 15.0. The number of aryl methyl sites for hydroxylation is 1. The first-order valence-electron chi connectivity index (χ1n) is 8.89. The number of rotatable bonds is 6. The van der Waals surface area contributed by atoms with Crippen LogP contribution in [0, 0.1) is 5.92 Å². The number of anilines is 1. The van der Waals surface area contributed by atoms with E-state index in [-0.39, 0.29) is 43.4 Å². The maximum atomic E-state index is 12.0. The third-order valence-corrected chi connectivity index (χ3v) is 4.61. The summed E-state index contributed by atoms with van der Waals surface area (Å²) >= 11 is 0. The average molecular weight is 372 g/mol. The lowest BCUT2D eigenvalue weighted by Gasteiger charge is -2.15. The second-order valence-electron chi connectivity index (χ2n) is 6.74. The molecule has 1 atom stereocenters. The van der Waals surface area contributed by atoms with Crippen LogP contribution in [0.2, 0.25) is 0 Å². The SMILES string of the molecule is CC1CC(=O)N(c2ccc(CCCC(=O)ON3C(=O)CCC3=O)cc2)C1=O. The van der Waals surface area contributed by atoms with Gasteiger partial charge in [-0.3, -0.25) is 24.1 Å². The van der Waals surface area contributed by atoms with Gasteiger partial charge in [-0.1, -0.05) is 19.1 Å². The molecule has 2 aliphatic heterocycles. The Balaban J connectivity index is 1.48. The zero-order valence-electron chi connectivity index (χ0n) is 15.0. The summed E-state index contributed by atoms with van der Waals surface area (Å²) in [7, 11) is 0. The van der Waals surface area contributed by atoms with Crippen LogP contribution in [0.25, 0.3) is 0 Å². The fourth-order valence-corrected chi connectivity index (χ4v) is 3.11. The van der Waals surface area contributed by atoms with Crippen LogP contribution in [0.15, 0.2) is 24.3 Å². The van der Waals surface area contributed by atoms with Crippen LogP contribution < -0.4 is 4.90 Å². The Kier molecular flexibility index (Phi) is 5.34. The number of benzene rings is 1. The summed E-state index contributed by atoms with van der Waals surface area (Å²) in [5.74, 6) is -2.31. The van der Waals surface area contributed by atoms with Crippen LogP contribution in [0.4, 0.5) is 5.69 Å². The first-order valence-corrected chi connectivity index (χ1v) is 8.89. The molecule has 1 unspecified atom stereocenters. The quantitative estimate of drug-likeness (QED) is 0.702. The molecule has 0 spiro atoms. The van der Waals surface area contributed by atoms with Gasteiger partial charge in [-0.25, -0.2) is 4.79 Å². The number of imide groups is 2. The summed E-state index contributed by atoms with van der Waals surface area (Å²) in [4.78, 5) is 64.5. The second kappa shape index (κ2) is 7.69. The Bertz CT molecular complexity index is 785. The number of hydroxylamine groups is 2. The van der Waals surface area contributed by atoms with Crippen molar-refractivity contribution in [2.45, 2.75) is 45.4 Å². The van der Waals surface area contributed by atoms with Crippen molar-refractivity contribution >= 4 is 35.3 Å². The lowest BCUT2D eigenvalue weighted by molar-refractivity contribution is -0.197. The number of nitrogens with zero attached hydrogens (tertiary/aromatic N) is 2. The minimum atomic E-state index is -0.627. The van der Waals surface area contributed by atoms with Gasteiger partial charge in [0.2, 0.25) is 11.8 Å². The van der Waals surface area contributed by atoms with Crippen molar-refractivity contribution in [3.05, 3.63) is 29.8 Å². The average Bonchev–Trinajstić information content (AvgIpc) is 3.08. The van der Waals surface area contributed by atoms with Gasteiger partial charge in [0.1, 0.15) is 0 Å². The maximum absolute atomic E-state index is 12.0. The van der Waals surface area contributed by atoms with Gasteiger partial charge in [0, 0.05) is 31.6 Å². The topological polar surface area (TPSA) is 101 Å². The molecule has 0 radical (unpaired) electrons. The first kappa shape index (κ1) is 18.8. The van der Waals surface area contributed by atoms with E-state index in [4.69, 9.17) is 4.84 Å². The summed E-state index contributed by atoms with van der Waals surface area (Å²) in [6, 6.07) is 7.03. The highest BCUT2D eigenvalue weighted by molar-refractivity contribution is 6.20. The molecule has 4 amide bonds. The Labute approximate surface area is 156 Å². The molecule has 1 aromatic rings. The standard InChI is InChI=1S/C19H20N2O6/c1-12-11-17(24)20(19(12)26)14-7-5-13(6-8-14)3-2-4-18(25)27-21-15(22)9-10-16(21)23/h5-8,12H,2-4,9-11H2,1H3. The minimum Gasteiger partial charge on any atom is -0.330 e. The molecule has 0 N–H and O–H groups in total. The van der Waals surface area contributed by atoms with Crippen molar-refractivity contribution in [1.29, 1.82) is 0 Å². The third-order valence-electron chi connectivity index (χ3n) is 4.61. The molecule has 0 aromatic heterocycles. The van der Waals surface area contributed by atoms with Crippen LogP contribution in [0.3, 0.4) is 0 Å². The summed E-state index contributed by atoms with van der Waals surface area (Å²) in [5, 5.41) is 0.544. The van der Waals surface area contributed by atoms with Gasteiger partial charge < -0.3 is 4.84 Å². The normalized spacial score (nSPS) is 20.0. The van der Waals surface area contributed by atoms with Crippen LogP contribution >= 0.6 is 0 Å². The van der Waals surface area contributed by atoms with E-state index in [0.717, 1.165) is 5.56 Å². The molecular formula is C19H20N2O6. The molecule has 2 aliphatic rings. The zero-order chi connectivity index (χ0) is 19.6. The highest BCUT2D eigenvalue weighted by Crippen LogP contribution is 2.26. The van der Waals surface area contributed by atoms with Crippen molar-refractivity contribution in [2.75, 3.05) is 4.90 Å². The number of carbonyl (C=O) groups is 5. The van der Waals surface area contributed by atoms with Crippen molar-refractivity contribution in [1.82, 2.24) is 5.06 Å². The van der Waals surface area contributed by atoms with Crippen LogP contribution in [-0.2, 0) is 35.2 Å². The smallest absolute Gasteiger partial charge is 0.330 e. The van der Waals surface area contributed by atoms with E-state index in [9.17, 15) is 24.0 Å². The monoisotopic (exact) mass is 372 g/mol. The van der Waals surface area contributed by atoms with Gasteiger partial charge >= 0.3 is 5.97 Å². The van der Waals surface area contributed by atoms with Crippen LogP contribution in [0.1, 0.15) is 44.6 Å². The van der Waals surface area contributed by atoms with Crippen LogP contribution in [0.5, 0.6) is 0 Å². The number of hydrogen-bond donors (Lipinski definition) is 0. The van der Waals surface area contributed by atoms with Gasteiger partial charge in [-0.2, -0.15) is 0 Å². The highest BCUT2D eigenvalue weighted by atomic mass is 16.7. The molecule has 1 aromatic carbocycles. The fraction of sp³-hybridized carbons (Fsp3) is 0.421. The molecule has 2 heterocycles. The number of amides is 4. The molecule has 3 rings (SSSR count). The summed E-state index contributed by atoms with van der Waals surface area (Å²) < 4.78 is 0. The predicted octanol–water partition coefficient (Wildman–Crippen LogP) is 1.52. The van der Waals surface area contributed by atoms with E-state index in [1.54, 1.807) is 31.2 Å². The fourth-order valence-electron chi connectivity index (χ4n) is 3.11. The van der Waals surface area contributed by atoms with E-state index < -0.39 is 17.8 Å². The van der Waals surface area contributed by atoms with Gasteiger partial charge in [-0.15, -0.1) is 5.06 Å². The molecule has 8 nitrogen and oxygen atoms in total. The largest absolute Gasteiger partial charge is 0.333 e. The van der Waals surface area contributed by atoms with Crippen molar-refractivity contribution in [3.8, 4) is 0 Å². The lowest BCUT2D eigenvalue weighted by atomic mass is 10.1. The lowest BCUT2D eigenvalue weighted by Crippen LogP contribution is -2.32. The van der Waals surface area contributed by atoms with Gasteiger partial charge in [0.05, 0.1) is 5.69 Å². The van der Waals surface area contributed by atoms with Gasteiger partial charge in [0.15, 0.2) is 0 Å². The van der Waals surface area contributed by atoms with E-state index in [2.05, 4.69) is 0 Å². The Morgan fingerprint density at radius 2 is 1.67 bits per heavy atom. The predicted molar refractivity (Wildman–Crippen MR) is 92.8 cm³/mol. The molecule has 8 heteroatoms. The highest BCUT2D eigenvalue weighted by Gasteiger charge is 2.36. The van der Waals surface area contributed by atoms with E-state index in [1.807, 2.05) is 0 Å². The molecule has 0 bridgehead atoms. The number of hydrogen-bond acceptors (Lipinski definition) is 6. The summed E-state index contributed by atoms with van der Waals surface area (Å²) in [5.41, 5.74) is 1.48. The van der Waals surface area contributed by atoms with Crippen molar-refractivity contribution in [2.24, 2.45) is 5.92 Å². The molecule has 0 saturated carbocycles. The van der Waals surface area contributed by atoms with Crippen LogP contribution in [-0.4, -0.2) is 34.7 Å². The number of carbonyl (C=O) groups excluding carboxylic acids is 5. The molecular weight excluding hydrogens is 352 g/mol. The van der Waals surface area contributed by atoms with Gasteiger partial charge in [0.25, 0.3) is 11.8 Å². The Morgan fingerprint density at radius 3 is 2.22 bits per heavy atom. The Morgan fingerprint density at radius 1 is 1.04 bits per heavy atom. The summed E-state index contributed by atoms with van der Waals surface area (Å²) in [6.45, 7) is 1.73. The second-order valence-corrected chi connectivity index (χ2v) is 6.74. The van der Waals surface area contributed by atoms with E-state index in [1.165, 1.54) is 4.90 Å². The van der Waals surface area contributed by atoms with Gasteiger partial charge in [-0.05, 0) is 30.5 Å².